The van der Waals surface area contributed by atoms with Crippen LogP contribution in [0.5, 0.6) is 0 Å². The fraction of sp³-hybridized carbons (Fsp3) is 0.867. The Morgan fingerprint density at radius 3 is 2.50 bits per heavy atom. The zero-order valence-electron chi connectivity index (χ0n) is 11.2. The van der Waals surface area contributed by atoms with E-state index in [1.165, 1.54) is 51.4 Å². The highest BCUT2D eigenvalue weighted by atomic mass is 14.9. The van der Waals surface area contributed by atoms with Gasteiger partial charge in [0.15, 0.2) is 0 Å². The molecule has 1 atom stereocenters. The summed E-state index contributed by atoms with van der Waals surface area (Å²) in [5, 5.41) is 3.51. The van der Waals surface area contributed by atoms with Crippen LogP contribution in [0.25, 0.3) is 0 Å². The van der Waals surface area contributed by atoms with Crippen LogP contribution in [-0.4, -0.2) is 13.1 Å². The van der Waals surface area contributed by atoms with Crippen molar-refractivity contribution in [2.45, 2.75) is 65.2 Å². The molecule has 0 fully saturated rings. The maximum absolute atomic E-state index is 3.51. The highest BCUT2D eigenvalue weighted by Gasteiger charge is 2.19. The largest absolute Gasteiger partial charge is 0.316 e. The second-order valence-corrected chi connectivity index (χ2v) is 5.50. The van der Waals surface area contributed by atoms with E-state index >= 15 is 0 Å². The van der Waals surface area contributed by atoms with Crippen LogP contribution < -0.4 is 5.32 Å². The molecule has 0 heterocycles. The molecule has 1 rings (SSSR count). The molecule has 0 radical (unpaired) electrons. The molecule has 0 amide bonds. The van der Waals surface area contributed by atoms with Crippen molar-refractivity contribution in [2.75, 3.05) is 13.1 Å². The van der Waals surface area contributed by atoms with Gasteiger partial charge in [0.25, 0.3) is 0 Å². The first-order chi connectivity index (χ1) is 7.77. The molecule has 1 aliphatic carbocycles. The van der Waals surface area contributed by atoms with Crippen molar-refractivity contribution < 1.29 is 0 Å². The van der Waals surface area contributed by atoms with Crippen LogP contribution in [0.1, 0.15) is 65.2 Å². The first-order valence-corrected chi connectivity index (χ1v) is 7.15. The van der Waals surface area contributed by atoms with E-state index in [-0.39, 0.29) is 0 Å². The van der Waals surface area contributed by atoms with Gasteiger partial charge >= 0.3 is 0 Å². The predicted molar refractivity (Wildman–Crippen MR) is 72.7 cm³/mol. The van der Waals surface area contributed by atoms with Gasteiger partial charge in [-0.15, -0.1) is 0 Å². The van der Waals surface area contributed by atoms with Gasteiger partial charge in [-0.05, 0) is 31.2 Å². The summed E-state index contributed by atoms with van der Waals surface area (Å²) in [5.74, 6) is 0. The third kappa shape index (κ3) is 5.69. The van der Waals surface area contributed by atoms with Gasteiger partial charge in [-0.2, -0.15) is 0 Å². The van der Waals surface area contributed by atoms with Crippen molar-refractivity contribution >= 4 is 0 Å². The molecule has 0 aliphatic heterocycles. The second-order valence-electron chi connectivity index (χ2n) is 5.50. The van der Waals surface area contributed by atoms with E-state index in [9.17, 15) is 0 Å². The molecule has 0 aromatic heterocycles. The Hall–Kier alpha value is -0.300. The van der Waals surface area contributed by atoms with Crippen LogP contribution >= 0.6 is 0 Å². The van der Waals surface area contributed by atoms with E-state index in [0.29, 0.717) is 5.41 Å². The Balaban J connectivity index is 2.47. The average molecular weight is 223 g/mol. The number of hydrogen-bond donors (Lipinski definition) is 1. The van der Waals surface area contributed by atoms with Crippen LogP contribution in [0.4, 0.5) is 0 Å². The predicted octanol–water partition coefficient (Wildman–Crippen LogP) is 4.29. The van der Waals surface area contributed by atoms with Gasteiger partial charge < -0.3 is 5.32 Å². The zero-order chi connectivity index (χ0) is 11.7. The van der Waals surface area contributed by atoms with Crippen LogP contribution in [-0.2, 0) is 0 Å². The molecule has 1 heteroatoms. The van der Waals surface area contributed by atoms with Gasteiger partial charge in [-0.3, -0.25) is 0 Å². The maximum atomic E-state index is 3.51. The average Bonchev–Trinajstić information content (AvgIpc) is 2.33. The van der Waals surface area contributed by atoms with Crippen LogP contribution in [0.3, 0.4) is 0 Å². The van der Waals surface area contributed by atoms with Crippen molar-refractivity contribution in [3.8, 4) is 0 Å². The summed E-state index contributed by atoms with van der Waals surface area (Å²) in [6, 6.07) is 0. The van der Waals surface area contributed by atoms with E-state index in [4.69, 9.17) is 0 Å². The molecule has 1 unspecified atom stereocenters. The second kappa shape index (κ2) is 7.89. The SMILES string of the molecule is CCNCC1(C)/C=C\CCCCCCCC1. The van der Waals surface area contributed by atoms with E-state index in [2.05, 4.69) is 31.3 Å². The molecule has 0 spiro atoms. The van der Waals surface area contributed by atoms with Gasteiger partial charge in [0.05, 0.1) is 0 Å². The molecule has 0 saturated heterocycles. The number of nitrogens with one attached hydrogen (secondary N) is 1. The monoisotopic (exact) mass is 223 g/mol. The van der Waals surface area contributed by atoms with E-state index in [0.717, 1.165) is 13.1 Å². The normalized spacial score (nSPS) is 30.6. The first-order valence-electron chi connectivity index (χ1n) is 7.15. The lowest BCUT2D eigenvalue weighted by atomic mass is 9.84. The third-order valence-electron chi connectivity index (χ3n) is 3.67. The molecular weight excluding hydrogens is 194 g/mol. The summed E-state index contributed by atoms with van der Waals surface area (Å²) in [5.41, 5.74) is 0.389. The molecular formula is C15H29N. The van der Waals surface area contributed by atoms with Crippen LogP contribution in [0.15, 0.2) is 12.2 Å². The standard InChI is InChI=1S/C15H29N/c1-3-16-14-15(2)12-10-8-6-4-5-7-9-11-13-15/h10,12,16H,3-9,11,13-14H2,1-2H3/b12-10-. The fourth-order valence-electron chi connectivity index (χ4n) is 2.51. The van der Waals surface area contributed by atoms with Crippen LogP contribution in [0, 0.1) is 5.41 Å². The summed E-state index contributed by atoms with van der Waals surface area (Å²) in [4.78, 5) is 0. The molecule has 1 N–H and O–H groups in total. The lowest BCUT2D eigenvalue weighted by Gasteiger charge is -2.26. The Morgan fingerprint density at radius 2 is 1.75 bits per heavy atom. The van der Waals surface area contributed by atoms with Crippen LogP contribution in [0.2, 0.25) is 0 Å². The number of hydrogen-bond acceptors (Lipinski definition) is 1. The van der Waals surface area contributed by atoms with Gasteiger partial charge in [-0.25, -0.2) is 0 Å². The molecule has 0 saturated carbocycles. The summed E-state index contributed by atoms with van der Waals surface area (Å²) in [7, 11) is 0. The number of allylic oxidation sites excluding steroid dienone is 1. The minimum atomic E-state index is 0.389. The summed E-state index contributed by atoms with van der Waals surface area (Å²) >= 11 is 0. The minimum absolute atomic E-state index is 0.389. The molecule has 0 aromatic rings. The van der Waals surface area contributed by atoms with Crippen molar-refractivity contribution in [1.29, 1.82) is 0 Å². The third-order valence-corrected chi connectivity index (χ3v) is 3.67. The lowest BCUT2D eigenvalue weighted by Crippen LogP contribution is -2.30. The summed E-state index contributed by atoms with van der Waals surface area (Å²) < 4.78 is 0. The molecule has 94 valence electrons. The highest BCUT2D eigenvalue weighted by molar-refractivity contribution is 4.98. The van der Waals surface area contributed by atoms with E-state index < -0.39 is 0 Å². The van der Waals surface area contributed by atoms with Crippen molar-refractivity contribution in [3.05, 3.63) is 12.2 Å². The first kappa shape index (κ1) is 13.8. The smallest absolute Gasteiger partial charge is 0.00397 e. The fourth-order valence-corrected chi connectivity index (χ4v) is 2.51. The Morgan fingerprint density at radius 1 is 1.06 bits per heavy atom. The topological polar surface area (TPSA) is 12.0 Å². The van der Waals surface area contributed by atoms with Crippen molar-refractivity contribution in [2.24, 2.45) is 5.41 Å². The zero-order valence-corrected chi connectivity index (χ0v) is 11.2. The van der Waals surface area contributed by atoms with Gasteiger partial charge in [0, 0.05) is 6.54 Å². The summed E-state index contributed by atoms with van der Waals surface area (Å²) in [6.45, 7) is 6.83. The molecule has 1 aliphatic rings. The summed E-state index contributed by atoms with van der Waals surface area (Å²) in [6.07, 6.45) is 16.0. The Labute approximate surface area is 102 Å². The van der Waals surface area contributed by atoms with Gasteiger partial charge in [0.2, 0.25) is 0 Å². The molecule has 16 heavy (non-hydrogen) atoms. The highest BCUT2D eigenvalue weighted by Crippen LogP contribution is 2.27. The quantitative estimate of drug-likeness (QED) is 0.704. The molecule has 0 aromatic carbocycles. The number of rotatable bonds is 3. The Bertz CT molecular complexity index is 198. The van der Waals surface area contributed by atoms with Gasteiger partial charge in [0.1, 0.15) is 0 Å². The van der Waals surface area contributed by atoms with Crippen molar-refractivity contribution in [3.63, 3.8) is 0 Å². The van der Waals surface area contributed by atoms with Crippen molar-refractivity contribution in [1.82, 2.24) is 5.32 Å². The maximum Gasteiger partial charge on any atom is 0.00397 e. The minimum Gasteiger partial charge on any atom is -0.316 e. The Kier molecular flexibility index (Phi) is 6.79. The lowest BCUT2D eigenvalue weighted by molar-refractivity contribution is 0.350. The van der Waals surface area contributed by atoms with E-state index in [1.807, 2.05) is 0 Å². The van der Waals surface area contributed by atoms with Gasteiger partial charge in [-0.1, -0.05) is 58.1 Å². The molecule has 0 bridgehead atoms. The van der Waals surface area contributed by atoms with E-state index in [1.54, 1.807) is 0 Å². The molecule has 1 nitrogen and oxygen atoms in total.